The van der Waals surface area contributed by atoms with Crippen molar-refractivity contribution < 1.29 is 9.18 Å². The summed E-state index contributed by atoms with van der Waals surface area (Å²) in [5.41, 5.74) is 7.95. The number of carbonyl (C=O) groups excluding carboxylic acids is 1. The number of nitrogens with two attached hydrogens (primary N) is 1. The first-order chi connectivity index (χ1) is 9.54. The number of hydrogen-bond acceptors (Lipinski definition) is 3. The number of amides is 1. The fourth-order valence-corrected chi connectivity index (χ4v) is 2.08. The summed E-state index contributed by atoms with van der Waals surface area (Å²) in [4.78, 5) is 12.1. The molecular formula is C14H17FN4O. The van der Waals surface area contributed by atoms with Gasteiger partial charge in [0.05, 0.1) is 22.6 Å². The number of carbonyl (C=O) groups is 1. The molecule has 0 fully saturated rings. The van der Waals surface area contributed by atoms with E-state index in [4.69, 9.17) is 5.73 Å². The molecule has 0 saturated carbocycles. The van der Waals surface area contributed by atoms with Gasteiger partial charge in [0, 0.05) is 13.1 Å². The van der Waals surface area contributed by atoms with Crippen LogP contribution in [0.1, 0.15) is 21.7 Å². The van der Waals surface area contributed by atoms with E-state index in [1.54, 1.807) is 30.7 Å². The topological polar surface area (TPSA) is 72.9 Å². The summed E-state index contributed by atoms with van der Waals surface area (Å²) in [6.45, 7) is 4.38. The lowest BCUT2D eigenvalue weighted by Gasteiger charge is -2.06. The molecule has 3 N–H and O–H groups in total. The molecule has 6 heteroatoms. The van der Waals surface area contributed by atoms with E-state index in [1.165, 1.54) is 12.1 Å². The predicted molar refractivity (Wildman–Crippen MR) is 74.4 cm³/mol. The van der Waals surface area contributed by atoms with Crippen LogP contribution in [0.4, 0.5) is 4.39 Å². The standard InChI is InChI=1S/C14H17FN4O/c1-9-13(14(20)17-8-7-16)10(2)19(18-9)12-5-3-11(15)4-6-12/h3-6H,7-8,16H2,1-2H3,(H,17,20). The highest BCUT2D eigenvalue weighted by atomic mass is 19.1. The summed E-state index contributed by atoms with van der Waals surface area (Å²) >= 11 is 0. The molecule has 1 amide bonds. The molecule has 2 rings (SSSR count). The Bertz CT molecular complexity index is 619. The molecule has 20 heavy (non-hydrogen) atoms. The fraction of sp³-hybridized carbons (Fsp3) is 0.286. The van der Waals surface area contributed by atoms with Crippen LogP contribution in [0.2, 0.25) is 0 Å². The Hall–Kier alpha value is -2.21. The van der Waals surface area contributed by atoms with Crippen molar-refractivity contribution in [3.63, 3.8) is 0 Å². The molecule has 5 nitrogen and oxygen atoms in total. The minimum atomic E-state index is -0.309. The van der Waals surface area contributed by atoms with Crippen molar-refractivity contribution in [2.24, 2.45) is 5.73 Å². The summed E-state index contributed by atoms with van der Waals surface area (Å²) < 4.78 is 14.6. The molecule has 0 unspecified atom stereocenters. The first kappa shape index (κ1) is 14.2. The van der Waals surface area contributed by atoms with Crippen LogP contribution in [0.25, 0.3) is 5.69 Å². The van der Waals surface area contributed by atoms with Gasteiger partial charge in [0.1, 0.15) is 5.82 Å². The highest BCUT2D eigenvalue weighted by molar-refractivity contribution is 5.96. The van der Waals surface area contributed by atoms with E-state index < -0.39 is 0 Å². The second-order valence-corrected chi connectivity index (χ2v) is 4.48. The Morgan fingerprint density at radius 3 is 2.60 bits per heavy atom. The Labute approximate surface area is 116 Å². The number of benzene rings is 1. The van der Waals surface area contributed by atoms with Crippen molar-refractivity contribution >= 4 is 5.91 Å². The van der Waals surface area contributed by atoms with Gasteiger partial charge in [-0.1, -0.05) is 0 Å². The average Bonchev–Trinajstić information content (AvgIpc) is 2.72. The second-order valence-electron chi connectivity index (χ2n) is 4.48. The van der Waals surface area contributed by atoms with Gasteiger partial charge in [-0.05, 0) is 38.1 Å². The quantitative estimate of drug-likeness (QED) is 0.884. The molecule has 0 radical (unpaired) electrons. The second kappa shape index (κ2) is 5.83. The lowest BCUT2D eigenvalue weighted by Crippen LogP contribution is -2.29. The van der Waals surface area contributed by atoms with Crippen molar-refractivity contribution in [3.05, 3.63) is 47.0 Å². The van der Waals surface area contributed by atoms with Gasteiger partial charge in [-0.3, -0.25) is 4.79 Å². The van der Waals surface area contributed by atoms with Gasteiger partial charge in [0.25, 0.3) is 5.91 Å². The molecule has 0 aliphatic carbocycles. The minimum Gasteiger partial charge on any atom is -0.351 e. The van der Waals surface area contributed by atoms with Gasteiger partial charge in [-0.25, -0.2) is 9.07 Å². The van der Waals surface area contributed by atoms with Crippen LogP contribution < -0.4 is 11.1 Å². The largest absolute Gasteiger partial charge is 0.351 e. The van der Waals surface area contributed by atoms with Crippen LogP contribution in [0, 0.1) is 19.7 Å². The lowest BCUT2D eigenvalue weighted by atomic mass is 10.2. The number of halogens is 1. The zero-order valence-corrected chi connectivity index (χ0v) is 11.5. The number of nitrogens with one attached hydrogen (secondary N) is 1. The molecule has 0 saturated heterocycles. The summed E-state index contributed by atoms with van der Waals surface area (Å²) in [7, 11) is 0. The molecule has 0 aliphatic heterocycles. The van der Waals surface area contributed by atoms with E-state index in [-0.39, 0.29) is 11.7 Å². The zero-order valence-electron chi connectivity index (χ0n) is 11.5. The lowest BCUT2D eigenvalue weighted by molar-refractivity contribution is 0.0953. The Morgan fingerprint density at radius 2 is 2.00 bits per heavy atom. The fourth-order valence-electron chi connectivity index (χ4n) is 2.08. The van der Waals surface area contributed by atoms with Crippen LogP contribution in [0.15, 0.2) is 24.3 Å². The Kier molecular flexibility index (Phi) is 4.14. The normalized spacial score (nSPS) is 10.6. The number of rotatable bonds is 4. The summed E-state index contributed by atoms with van der Waals surface area (Å²) in [6, 6.07) is 5.96. The first-order valence-electron chi connectivity index (χ1n) is 6.35. The number of nitrogens with zero attached hydrogens (tertiary/aromatic N) is 2. The van der Waals surface area contributed by atoms with Gasteiger partial charge in [-0.15, -0.1) is 0 Å². The van der Waals surface area contributed by atoms with E-state index in [2.05, 4.69) is 10.4 Å². The number of aromatic nitrogens is 2. The smallest absolute Gasteiger partial charge is 0.255 e. The third-order valence-electron chi connectivity index (χ3n) is 3.02. The van der Waals surface area contributed by atoms with Gasteiger partial charge in [0.15, 0.2) is 0 Å². The maximum atomic E-state index is 12.9. The predicted octanol–water partition coefficient (Wildman–Crippen LogP) is 1.32. The molecule has 0 aliphatic rings. The van der Waals surface area contributed by atoms with Gasteiger partial charge < -0.3 is 11.1 Å². The third-order valence-corrected chi connectivity index (χ3v) is 3.02. The highest BCUT2D eigenvalue weighted by Gasteiger charge is 2.18. The monoisotopic (exact) mass is 276 g/mol. The third kappa shape index (κ3) is 2.70. The molecule has 1 aromatic carbocycles. The van der Waals surface area contributed by atoms with E-state index in [0.29, 0.717) is 35.7 Å². The highest BCUT2D eigenvalue weighted by Crippen LogP contribution is 2.18. The van der Waals surface area contributed by atoms with E-state index in [9.17, 15) is 9.18 Å². The van der Waals surface area contributed by atoms with Crippen LogP contribution in [0.5, 0.6) is 0 Å². The molecule has 106 valence electrons. The van der Waals surface area contributed by atoms with Gasteiger partial charge >= 0.3 is 0 Å². The molecule has 0 atom stereocenters. The number of aryl methyl sites for hydroxylation is 1. The molecule has 0 spiro atoms. The summed E-state index contributed by atoms with van der Waals surface area (Å²) in [5, 5.41) is 7.07. The summed E-state index contributed by atoms with van der Waals surface area (Å²) in [5.74, 6) is -0.505. The maximum absolute atomic E-state index is 12.9. The molecule has 1 heterocycles. The van der Waals surface area contributed by atoms with Crippen molar-refractivity contribution in [2.75, 3.05) is 13.1 Å². The molecule has 2 aromatic rings. The molecule has 0 bridgehead atoms. The van der Waals surface area contributed by atoms with Crippen molar-refractivity contribution in [1.29, 1.82) is 0 Å². The van der Waals surface area contributed by atoms with Crippen molar-refractivity contribution in [1.82, 2.24) is 15.1 Å². The van der Waals surface area contributed by atoms with E-state index in [1.807, 2.05) is 0 Å². The maximum Gasteiger partial charge on any atom is 0.255 e. The van der Waals surface area contributed by atoms with Crippen molar-refractivity contribution in [2.45, 2.75) is 13.8 Å². The Balaban J connectivity index is 2.38. The van der Waals surface area contributed by atoms with E-state index in [0.717, 1.165) is 0 Å². The van der Waals surface area contributed by atoms with E-state index >= 15 is 0 Å². The van der Waals surface area contributed by atoms with Gasteiger partial charge in [-0.2, -0.15) is 5.10 Å². The van der Waals surface area contributed by atoms with Crippen LogP contribution >= 0.6 is 0 Å². The zero-order chi connectivity index (χ0) is 14.7. The van der Waals surface area contributed by atoms with Crippen LogP contribution in [-0.2, 0) is 0 Å². The van der Waals surface area contributed by atoms with Crippen molar-refractivity contribution in [3.8, 4) is 5.69 Å². The summed E-state index contributed by atoms with van der Waals surface area (Å²) in [6.07, 6.45) is 0. The van der Waals surface area contributed by atoms with Crippen LogP contribution in [-0.4, -0.2) is 28.8 Å². The van der Waals surface area contributed by atoms with Crippen LogP contribution in [0.3, 0.4) is 0 Å². The minimum absolute atomic E-state index is 0.196. The SMILES string of the molecule is Cc1nn(-c2ccc(F)cc2)c(C)c1C(=O)NCCN. The first-order valence-corrected chi connectivity index (χ1v) is 6.35. The van der Waals surface area contributed by atoms with Gasteiger partial charge in [0.2, 0.25) is 0 Å². The number of hydrogen-bond donors (Lipinski definition) is 2. The molecule has 1 aromatic heterocycles. The Morgan fingerprint density at radius 1 is 1.35 bits per heavy atom. The molecular weight excluding hydrogens is 259 g/mol. The average molecular weight is 276 g/mol.